The fourth-order valence-corrected chi connectivity index (χ4v) is 2.78. The van der Waals surface area contributed by atoms with Crippen LogP contribution < -0.4 is 15.4 Å². The number of rotatable bonds is 8. The van der Waals surface area contributed by atoms with Gasteiger partial charge in [0.2, 0.25) is 5.91 Å². The van der Waals surface area contributed by atoms with Gasteiger partial charge >= 0.3 is 6.03 Å². The van der Waals surface area contributed by atoms with Crippen molar-refractivity contribution in [2.45, 2.75) is 46.1 Å². The summed E-state index contributed by atoms with van der Waals surface area (Å²) in [4.78, 5) is 38.0. The highest BCUT2D eigenvalue weighted by atomic mass is 16.5. The van der Waals surface area contributed by atoms with Crippen molar-refractivity contribution in [1.82, 2.24) is 10.2 Å². The van der Waals surface area contributed by atoms with Gasteiger partial charge < -0.3 is 15.4 Å². The van der Waals surface area contributed by atoms with Crippen molar-refractivity contribution in [3.05, 3.63) is 24.3 Å². The van der Waals surface area contributed by atoms with Crippen LogP contribution >= 0.6 is 0 Å². The third kappa shape index (κ3) is 4.74. The number of hydrogen-bond donors (Lipinski definition) is 2. The summed E-state index contributed by atoms with van der Waals surface area (Å²) < 4.78 is 5.35. The molecule has 1 fully saturated rings. The molecule has 0 unspecified atom stereocenters. The SMILES string of the molecule is CCOc1ccc(NC(=O)CN2C(=O)N[C@@](C)(CCC(C)C)C2=O)cc1. The molecule has 1 heterocycles. The van der Waals surface area contributed by atoms with Gasteiger partial charge in [0.15, 0.2) is 0 Å². The molecule has 7 nitrogen and oxygen atoms in total. The molecule has 1 aliphatic rings. The van der Waals surface area contributed by atoms with Crippen LogP contribution in [0, 0.1) is 5.92 Å². The number of carbonyl (C=O) groups excluding carboxylic acids is 3. The molecule has 2 rings (SSSR count). The van der Waals surface area contributed by atoms with Crippen molar-refractivity contribution in [3.63, 3.8) is 0 Å². The lowest BCUT2D eigenvalue weighted by atomic mass is 9.92. The van der Waals surface area contributed by atoms with Gasteiger partial charge in [-0.3, -0.25) is 14.5 Å². The maximum Gasteiger partial charge on any atom is 0.325 e. The van der Waals surface area contributed by atoms with Crippen LogP contribution in [0.5, 0.6) is 5.75 Å². The minimum atomic E-state index is -0.944. The first kappa shape index (κ1) is 19.8. The van der Waals surface area contributed by atoms with Gasteiger partial charge in [0, 0.05) is 5.69 Å². The van der Waals surface area contributed by atoms with E-state index in [1.807, 2.05) is 6.92 Å². The molecule has 0 radical (unpaired) electrons. The number of urea groups is 1. The first-order valence-electron chi connectivity index (χ1n) is 8.92. The van der Waals surface area contributed by atoms with Crippen LogP contribution in [0.4, 0.5) is 10.5 Å². The molecule has 0 bridgehead atoms. The quantitative estimate of drug-likeness (QED) is 0.697. The zero-order valence-corrected chi connectivity index (χ0v) is 15.8. The summed E-state index contributed by atoms with van der Waals surface area (Å²) in [6.07, 6.45) is 1.36. The minimum absolute atomic E-state index is 0.310. The zero-order valence-electron chi connectivity index (χ0n) is 15.8. The van der Waals surface area contributed by atoms with Gasteiger partial charge in [0.05, 0.1) is 6.61 Å². The van der Waals surface area contributed by atoms with E-state index < -0.39 is 17.5 Å². The van der Waals surface area contributed by atoms with E-state index in [9.17, 15) is 14.4 Å². The van der Waals surface area contributed by atoms with Gasteiger partial charge in [0.25, 0.3) is 5.91 Å². The Hall–Kier alpha value is -2.57. The molecule has 1 saturated heterocycles. The largest absolute Gasteiger partial charge is 0.494 e. The van der Waals surface area contributed by atoms with E-state index in [1.54, 1.807) is 31.2 Å². The smallest absolute Gasteiger partial charge is 0.325 e. The maximum absolute atomic E-state index is 12.6. The van der Waals surface area contributed by atoms with Crippen LogP contribution in [-0.2, 0) is 9.59 Å². The summed E-state index contributed by atoms with van der Waals surface area (Å²) in [7, 11) is 0. The molecule has 1 aromatic carbocycles. The van der Waals surface area contributed by atoms with Crippen LogP contribution in [-0.4, -0.2) is 41.4 Å². The van der Waals surface area contributed by atoms with E-state index in [2.05, 4.69) is 24.5 Å². The van der Waals surface area contributed by atoms with Gasteiger partial charge in [-0.1, -0.05) is 13.8 Å². The van der Waals surface area contributed by atoms with E-state index in [-0.39, 0.29) is 12.5 Å². The molecule has 2 N–H and O–H groups in total. The molecular formula is C19H27N3O4. The fourth-order valence-electron chi connectivity index (χ4n) is 2.78. The van der Waals surface area contributed by atoms with Gasteiger partial charge in [-0.05, 0) is 56.9 Å². The standard InChI is InChI=1S/C19H27N3O4/c1-5-26-15-8-6-14(7-9-15)20-16(23)12-22-17(24)19(4,21-18(22)25)11-10-13(2)3/h6-9,13H,5,10-12H2,1-4H3,(H,20,23)(H,21,25)/t19-/m0/s1. The Morgan fingerprint density at radius 2 is 1.92 bits per heavy atom. The summed E-state index contributed by atoms with van der Waals surface area (Å²) in [5.41, 5.74) is -0.367. The number of hydrogen-bond acceptors (Lipinski definition) is 4. The summed E-state index contributed by atoms with van der Waals surface area (Å²) in [6, 6.07) is 6.39. The lowest BCUT2D eigenvalue weighted by molar-refractivity contribution is -0.133. The Morgan fingerprint density at radius 3 is 2.50 bits per heavy atom. The number of amides is 4. The summed E-state index contributed by atoms with van der Waals surface area (Å²) in [6.45, 7) is 7.98. The molecule has 0 aromatic heterocycles. The predicted octanol–water partition coefficient (Wildman–Crippen LogP) is 2.77. The van der Waals surface area contributed by atoms with Gasteiger partial charge in [-0.2, -0.15) is 0 Å². The topological polar surface area (TPSA) is 87.7 Å². The van der Waals surface area contributed by atoms with Crippen LogP contribution in [0.25, 0.3) is 0 Å². The Labute approximate surface area is 154 Å². The summed E-state index contributed by atoms with van der Waals surface area (Å²) in [5.74, 6) is 0.352. The van der Waals surface area contributed by atoms with Gasteiger partial charge in [-0.25, -0.2) is 4.79 Å². The van der Waals surface area contributed by atoms with Crippen LogP contribution in [0.1, 0.15) is 40.5 Å². The van der Waals surface area contributed by atoms with Crippen LogP contribution in [0.15, 0.2) is 24.3 Å². The first-order chi connectivity index (χ1) is 12.2. The monoisotopic (exact) mass is 361 g/mol. The highest BCUT2D eigenvalue weighted by Gasteiger charge is 2.47. The average molecular weight is 361 g/mol. The Morgan fingerprint density at radius 1 is 1.27 bits per heavy atom. The summed E-state index contributed by atoms with van der Waals surface area (Å²) in [5, 5.41) is 5.41. The number of benzene rings is 1. The van der Waals surface area contributed by atoms with Crippen molar-refractivity contribution in [2.75, 3.05) is 18.5 Å². The molecule has 1 aromatic rings. The van der Waals surface area contributed by atoms with E-state index in [0.29, 0.717) is 30.4 Å². The molecule has 142 valence electrons. The highest BCUT2D eigenvalue weighted by Crippen LogP contribution is 2.24. The lowest BCUT2D eigenvalue weighted by Gasteiger charge is -2.22. The second-order valence-electron chi connectivity index (χ2n) is 7.09. The third-order valence-electron chi connectivity index (χ3n) is 4.32. The minimum Gasteiger partial charge on any atom is -0.494 e. The van der Waals surface area contributed by atoms with Crippen molar-refractivity contribution in [3.8, 4) is 5.75 Å². The molecule has 4 amide bonds. The molecule has 0 spiro atoms. The van der Waals surface area contributed by atoms with Crippen molar-refractivity contribution in [2.24, 2.45) is 5.92 Å². The van der Waals surface area contributed by atoms with Crippen LogP contribution in [0.2, 0.25) is 0 Å². The lowest BCUT2D eigenvalue weighted by Crippen LogP contribution is -2.44. The van der Waals surface area contributed by atoms with Crippen molar-refractivity contribution in [1.29, 1.82) is 0 Å². The van der Waals surface area contributed by atoms with Crippen molar-refractivity contribution >= 4 is 23.5 Å². The Bertz CT molecular complexity index is 672. The zero-order chi connectivity index (χ0) is 19.3. The number of imide groups is 1. The average Bonchev–Trinajstić information content (AvgIpc) is 2.79. The van der Waals surface area contributed by atoms with Crippen molar-refractivity contribution < 1.29 is 19.1 Å². The second kappa shape index (κ2) is 8.21. The van der Waals surface area contributed by atoms with E-state index in [4.69, 9.17) is 4.74 Å². The van der Waals surface area contributed by atoms with Gasteiger partial charge in [0.1, 0.15) is 17.8 Å². The molecule has 26 heavy (non-hydrogen) atoms. The first-order valence-corrected chi connectivity index (χ1v) is 8.92. The second-order valence-corrected chi connectivity index (χ2v) is 7.09. The molecule has 7 heteroatoms. The number of carbonyl (C=O) groups is 3. The fraction of sp³-hybridized carbons (Fsp3) is 0.526. The molecular weight excluding hydrogens is 334 g/mol. The molecule has 1 aliphatic heterocycles. The normalized spacial score (nSPS) is 19.7. The van der Waals surface area contributed by atoms with E-state index in [1.165, 1.54) is 0 Å². The highest BCUT2D eigenvalue weighted by molar-refractivity contribution is 6.09. The molecule has 1 atom stereocenters. The molecule has 0 aliphatic carbocycles. The predicted molar refractivity (Wildman–Crippen MR) is 99.0 cm³/mol. The number of ether oxygens (including phenoxy) is 1. The number of nitrogens with zero attached hydrogens (tertiary/aromatic N) is 1. The van der Waals surface area contributed by atoms with Gasteiger partial charge in [-0.15, -0.1) is 0 Å². The van der Waals surface area contributed by atoms with Crippen LogP contribution in [0.3, 0.4) is 0 Å². The Kier molecular flexibility index (Phi) is 6.23. The maximum atomic E-state index is 12.6. The van der Waals surface area contributed by atoms with E-state index in [0.717, 1.165) is 11.3 Å². The molecule has 0 saturated carbocycles. The Balaban J connectivity index is 1.95. The number of nitrogens with one attached hydrogen (secondary N) is 2. The number of anilines is 1. The van der Waals surface area contributed by atoms with E-state index >= 15 is 0 Å². The summed E-state index contributed by atoms with van der Waals surface area (Å²) >= 11 is 0. The third-order valence-corrected chi connectivity index (χ3v) is 4.32.